The number of nitrogens with zero attached hydrogens (tertiary/aromatic N) is 1. The fraction of sp³-hybridized carbons (Fsp3) is 0.167. The van der Waals surface area contributed by atoms with Gasteiger partial charge in [0.2, 0.25) is 6.41 Å². The highest BCUT2D eigenvalue weighted by atomic mass is 16.1. The van der Waals surface area contributed by atoms with E-state index in [1.54, 1.807) is 0 Å². The summed E-state index contributed by atoms with van der Waals surface area (Å²) in [4.78, 5) is 24.3. The number of hydrogen-bond donors (Lipinski definition) is 1. The lowest BCUT2D eigenvalue weighted by atomic mass is 10.2. The quantitative estimate of drug-likeness (QED) is 0.511. The summed E-state index contributed by atoms with van der Waals surface area (Å²) in [6.07, 6.45) is 4.58. The maximum atomic E-state index is 10.8. The first-order valence-electron chi connectivity index (χ1n) is 2.78. The highest BCUT2D eigenvalue weighted by molar-refractivity contribution is 6.08. The van der Waals surface area contributed by atoms with Gasteiger partial charge in [0.1, 0.15) is 6.04 Å². The Morgan fingerprint density at radius 2 is 2.50 bits per heavy atom. The standard InChI is InChI=1S/C6H6N2O2/c9-4-8-5-3-7-2-1-6(5)10/h1-5H,(H,8,9). The van der Waals surface area contributed by atoms with E-state index in [1.165, 1.54) is 18.5 Å². The van der Waals surface area contributed by atoms with Crippen molar-refractivity contribution in [1.29, 1.82) is 0 Å². The lowest BCUT2D eigenvalue weighted by Gasteiger charge is -2.07. The lowest BCUT2D eigenvalue weighted by molar-refractivity contribution is -0.118. The maximum absolute atomic E-state index is 10.8. The molecule has 1 heterocycles. The lowest BCUT2D eigenvalue weighted by Crippen LogP contribution is -2.37. The molecule has 0 saturated heterocycles. The molecular weight excluding hydrogens is 132 g/mol. The van der Waals surface area contributed by atoms with Gasteiger partial charge in [0, 0.05) is 18.5 Å². The largest absolute Gasteiger partial charge is 0.344 e. The average molecular weight is 138 g/mol. The molecule has 0 bridgehead atoms. The number of carbonyl (C=O) groups excluding carboxylic acids is 2. The average Bonchev–Trinajstić information content (AvgIpc) is 1.94. The van der Waals surface area contributed by atoms with Crippen molar-refractivity contribution < 1.29 is 9.59 Å². The SMILES string of the molecule is O=CNC1C=NC=CC1=O. The summed E-state index contributed by atoms with van der Waals surface area (Å²) in [5, 5.41) is 2.30. The van der Waals surface area contributed by atoms with E-state index in [9.17, 15) is 9.59 Å². The van der Waals surface area contributed by atoms with Crippen molar-refractivity contribution in [2.75, 3.05) is 0 Å². The molecule has 0 aliphatic carbocycles. The molecule has 1 aliphatic heterocycles. The van der Waals surface area contributed by atoms with Crippen molar-refractivity contribution in [1.82, 2.24) is 5.32 Å². The summed E-state index contributed by atoms with van der Waals surface area (Å²) >= 11 is 0. The molecule has 1 unspecified atom stereocenters. The molecule has 4 nitrogen and oxygen atoms in total. The van der Waals surface area contributed by atoms with Crippen LogP contribution in [0.5, 0.6) is 0 Å². The molecule has 1 atom stereocenters. The van der Waals surface area contributed by atoms with Crippen LogP contribution in [0, 0.1) is 0 Å². The molecule has 0 radical (unpaired) electrons. The summed E-state index contributed by atoms with van der Waals surface area (Å²) in [5.41, 5.74) is 0. The first kappa shape index (κ1) is 6.67. The Hall–Kier alpha value is -1.45. The van der Waals surface area contributed by atoms with Crippen LogP contribution in [-0.2, 0) is 9.59 Å². The number of amides is 1. The number of carbonyl (C=O) groups is 2. The Bertz CT molecular complexity index is 208. The van der Waals surface area contributed by atoms with Gasteiger partial charge in [-0.2, -0.15) is 0 Å². The molecule has 1 aliphatic rings. The third-order valence-electron chi connectivity index (χ3n) is 1.11. The molecule has 0 fully saturated rings. The Balaban J connectivity index is 2.60. The topological polar surface area (TPSA) is 58.5 Å². The normalized spacial score (nSPS) is 22.8. The first-order chi connectivity index (χ1) is 4.84. The molecule has 10 heavy (non-hydrogen) atoms. The van der Waals surface area contributed by atoms with Crippen molar-refractivity contribution >= 4 is 18.4 Å². The van der Waals surface area contributed by atoms with Crippen LogP contribution in [0.3, 0.4) is 0 Å². The van der Waals surface area contributed by atoms with Crippen LogP contribution >= 0.6 is 0 Å². The zero-order chi connectivity index (χ0) is 7.40. The summed E-state index contributed by atoms with van der Waals surface area (Å²) in [6, 6.07) is -0.567. The van der Waals surface area contributed by atoms with E-state index in [1.807, 2.05) is 0 Å². The number of rotatable bonds is 2. The highest BCUT2D eigenvalue weighted by Gasteiger charge is 2.13. The zero-order valence-corrected chi connectivity index (χ0v) is 5.15. The van der Waals surface area contributed by atoms with Crippen molar-refractivity contribution in [3.8, 4) is 0 Å². The third-order valence-corrected chi connectivity index (χ3v) is 1.11. The van der Waals surface area contributed by atoms with E-state index in [0.29, 0.717) is 6.41 Å². The third kappa shape index (κ3) is 1.28. The van der Waals surface area contributed by atoms with Gasteiger partial charge in [-0.3, -0.25) is 14.6 Å². The fourth-order valence-electron chi connectivity index (χ4n) is 0.628. The molecule has 1 rings (SSSR count). The van der Waals surface area contributed by atoms with E-state index in [4.69, 9.17) is 0 Å². The number of aliphatic imine (C=N–C) groups is 1. The number of hydrogen-bond acceptors (Lipinski definition) is 3. The minimum Gasteiger partial charge on any atom is -0.344 e. The maximum Gasteiger partial charge on any atom is 0.208 e. The van der Waals surface area contributed by atoms with Gasteiger partial charge in [0.15, 0.2) is 5.78 Å². The molecule has 0 aromatic carbocycles. The van der Waals surface area contributed by atoms with Crippen molar-refractivity contribution in [3.63, 3.8) is 0 Å². The van der Waals surface area contributed by atoms with E-state index in [-0.39, 0.29) is 5.78 Å². The van der Waals surface area contributed by atoms with Crippen LogP contribution in [-0.4, -0.2) is 24.4 Å². The van der Waals surface area contributed by atoms with E-state index in [2.05, 4.69) is 10.3 Å². The van der Waals surface area contributed by atoms with E-state index >= 15 is 0 Å². The van der Waals surface area contributed by atoms with Crippen LogP contribution in [0.2, 0.25) is 0 Å². The number of nitrogens with one attached hydrogen (secondary N) is 1. The monoisotopic (exact) mass is 138 g/mol. The van der Waals surface area contributed by atoms with Crippen LogP contribution in [0.4, 0.5) is 0 Å². The molecular formula is C6H6N2O2. The summed E-state index contributed by atoms with van der Waals surface area (Å²) < 4.78 is 0. The second kappa shape index (κ2) is 2.91. The predicted molar refractivity (Wildman–Crippen MR) is 35.6 cm³/mol. The molecule has 1 N–H and O–H groups in total. The van der Waals surface area contributed by atoms with Gasteiger partial charge in [-0.25, -0.2) is 0 Å². The zero-order valence-electron chi connectivity index (χ0n) is 5.15. The molecule has 4 heteroatoms. The van der Waals surface area contributed by atoms with E-state index in [0.717, 1.165) is 0 Å². The minimum absolute atomic E-state index is 0.151. The molecule has 1 amide bonds. The molecule has 0 aromatic heterocycles. The number of ketones is 1. The van der Waals surface area contributed by atoms with Crippen LogP contribution < -0.4 is 5.32 Å². The van der Waals surface area contributed by atoms with Gasteiger partial charge < -0.3 is 5.32 Å². The van der Waals surface area contributed by atoms with Gasteiger partial charge in [0.05, 0.1) is 0 Å². The molecule has 52 valence electrons. The summed E-state index contributed by atoms with van der Waals surface area (Å²) in [7, 11) is 0. The van der Waals surface area contributed by atoms with Gasteiger partial charge in [0.25, 0.3) is 0 Å². The van der Waals surface area contributed by atoms with Gasteiger partial charge in [-0.05, 0) is 0 Å². The Morgan fingerprint density at radius 1 is 1.70 bits per heavy atom. The summed E-state index contributed by atoms with van der Waals surface area (Å²) in [6.45, 7) is 0. The Kier molecular flexibility index (Phi) is 1.94. The Labute approximate surface area is 57.6 Å². The highest BCUT2D eigenvalue weighted by Crippen LogP contribution is 1.91. The molecule has 0 spiro atoms. The summed E-state index contributed by atoms with van der Waals surface area (Å²) in [5.74, 6) is -0.151. The second-order valence-corrected chi connectivity index (χ2v) is 1.78. The molecule has 0 aromatic rings. The van der Waals surface area contributed by atoms with Crippen LogP contribution in [0.25, 0.3) is 0 Å². The van der Waals surface area contributed by atoms with Gasteiger partial charge in [-0.15, -0.1) is 0 Å². The van der Waals surface area contributed by atoms with Gasteiger partial charge >= 0.3 is 0 Å². The van der Waals surface area contributed by atoms with Crippen molar-refractivity contribution in [2.24, 2.45) is 4.99 Å². The fourth-order valence-corrected chi connectivity index (χ4v) is 0.628. The van der Waals surface area contributed by atoms with E-state index < -0.39 is 6.04 Å². The van der Waals surface area contributed by atoms with Crippen LogP contribution in [0.15, 0.2) is 17.3 Å². The Morgan fingerprint density at radius 3 is 3.10 bits per heavy atom. The first-order valence-corrected chi connectivity index (χ1v) is 2.78. The smallest absolute Gasteiger partial charge is 0.208 e. The van der Waals surface area contributed by atoms with Crippen molar-refractivity contribution in [2.45, 2.75) is 6.04 Å². The second-order valence-electron chi connectivity index (χ2n) is 1.78. The van der Waals surface area contributed by atoms with Crippen molar-refractivity contribution in [3.05, 3.63) is 12.3 Å². The molecule has 0 saturated carbocycles. The van der Waals surface area contributed by atoms with Crippen LogP contribution in [0.1, 0.15) is 0 Å². The predicted octanol–water partition coefficient (Wildman–Crippen LogP) is -0.732. The minimum atomic E-state index is -0.567. The van der Waals surface area contributed by atoms with Gasteiger partial charge in [-0.1, -0.05) is 0 Å².